The summed E-state index contributed by atoms with van der Waals surface area (Å²) in [4.78, 5) is 22.9. The second-order valence-electron chi connectivity index (χ2n) is 7.18. The Bertz CT molecular complexity index is 1380. The van der Waals surface area contributed by atoms with E-state index in [-0.39, 0.29) is 17.3 Å². The summed E-state index contributed by atoms with van der Waals surface area (Å²) in [7, 11) is 0. The first-order valence-electron chi connectivity index (χ1n) is 9.67. The number of fused-ring (bicyclic) bond motifs is 6. The molecule has 1 aliphatic heterocycles. The lowest BCUT2D eigenvalue weighted by Gasteiger charge is -2.24. The van der Waals surface area contributed by atoms with E-state index >= 15 is 0 Å². The highest BCUT2D eigenvalue weighted by Crippen LogP contribution is 2.46. The maximum absolute atomic E-state index is 12.2. The highest BCUT2D eigenvalue weighted by Gasteiger charge is 2.29. The summed E-state index contributed by atoms with van der Waals surface area (Å²) in [6.07, 6.45) is 4.85. The molecule has 1 atom stereocenters. The maximum Gasteiger partial charge on any atom is 0.434 e. The summed E-state index contributed by atoms with van der Waals surface area (Å²) in [5.41, 5.74) is 2.36. The smallest absolute Gasteiger partial charge is 0.434 e. The van der Waals surface area contributed by atoms with Crippen LogP contribution in [0.3, 0.4) is 0 Å². The van der Waals surface area contributed by atoms with Gasteiger partial charge in [-0.3, -0.25) is 10.1 Å². The highest BCUT2D eigenvalue weighted by molar-refractivity contribution is 6.11. The first-order chi connectivity index (χ1) is 14.6. The molecule has 0 fully saturated rings. The molecule has 30 heavy (non-hydrogen) atoms. The molecule has 2 aromatic carbocycles. The number of hydrogen-bond donors (Lipinski definition) is 0. The minimum absolute atomic E-state index is 0.249. The molecule has 2 aromatic heterocycles. The Morgan fingerprint density at radius 3 is 2.63 bits per heavy atom. The second-order valence-corrected chi connectivity index (χ2v) is 7.18. The fraction of sp³-hybridized carbons (Fsp3) is 0.174. The van der Waals surface area contributed by atoms with E-state index in [1.165, 1.54) is 12.1 Å². The van der Waals surface area contributed by atoms with E-state index in [2.05, 4.69) is 0 Å². The summed E-state index contributed by atoms with van der Waals surface area (Å²) in [6.45, 7) is 2.02. The van der Waals surface area contributed by atoms with Gasteiger partial charge in [0.15, 0.2) is 11.2 Å². The van der Waals surface area contributed by atoms with Crippen molar-refractivity contribution in [1.29, 1.82) is 0 Å². The number of furan rings is 1. The van der Waals surface area contributed by atoms with Gasteiger partial charge >= 0.3 is 11.5 Å². The van der Waals surface area contributed by atoms with Crippen molar-refractivity contribution in [2.24, 2.45) is 0 Å². The molecular weight excluding hydrogens is 386 g/mol. The zero-order valence-corrected chi connectivity index (χ0v) is 16.1. The molecule has 0 bridgehead atoms. The fourth-order valence-electron chi connectivity index (χ4n) is 3.97. The number of hydrogen-bond acceptors (Lipinski definition) is 6. The largest absolute Gasteiger partial charge is 0.480 e. The quantitative estimate of drug-likeness (QED) is 0.252. The Kier molecular flexibility index (Phi) is 4.17. The van der Waals surface area contributed by atoms with Crippen LogP contribution < -0.4 is 10.4 Å². The van der Waals surface area contributed by atoms with Gasteiger partial charge in [0, 0.05) is 6.07 Å². The van der Waals surface area contributed by atoms with E-state index in [9.17, 15) is 14.9 Å². The van der Waals surface area contributed by atoms with Gasteiger partial charge in [-0.15, -0.1) is 0 Å². The first kappa shape index (κ1) is 18.2. The van der Waals surface area contributed by atoms with Crippen LogP contribution in [0.2, 0.25) is 0 Å². The molecule has 0 N–H and O–H groups in total. The van der Waals surface area contributed by atoms with Gasteiger partial charge in [-0.05, 0) is 29.7 Å². The topological polar surface area (TPSA) is 95.7 Å². The summed E-state index contributed by atoms with van der Waals surface area (Å²) in [6, 6.07) is 12.5. The Labute approximate surface area is 170 Å². The molecule has 150 valence electrons. The third-order valence-electron chi connectivity index (χ3n) is 5.23. The molecule has 7 heteroatoms. The first-order valence-corrected chi connectivity index (χ1v) is 9.67. The number of rotatable bonds is 4. The molecule has 1 unspecified atom stereocenters. The predicted molar refractivity (Wildman–Crippen MR) is 112 cm³/mol. The third-order valence-corrected chi connectivity index (χ3v) is 5.23. The van der Waals surface area contributed by atoms with Crippen LogP contribution in [0.1, 0.15) is 36.1 Å². The van der Waals surface area contributed by atoms with E-state index in [4.69, 9.17) is 13.6 Å². The lowest BCUT2D eigenvalue weighted by Crippen LogP contribution is -2.11. The van der Waals surface area contributed by atoms with Crippen LogP contribution in [0.5, 0.6) is 5.75 Å². The molecule has 0 saturated carbocycles. The summed E-state index contributed by atoms with van der Waals surface area (Å²) in [5, 5.41) is 12.4. The molecule has 0 spiro atoms. The monoisotopic (exact) mass is 403 g/mol. The maximum atomic E-state index is 12.2. The molecule has 0 amide bonds. The third kappa shape index (κ3) is 2.78. The van der Waals surface area contributed by atoms with E-state index in [0.29, 0.717) is 28.5 Å². The molecule has 7 nitrogen and oxygen atoms in total. The molecule has 3 heterocycles. The lowest BCUT2D eigenvalue weighted by atomic mass is 9.96. The van der Waals surface area contributed by atoms with E-state index in [1.54, 1.807) is 0 Å². The van der Waals surface area contributed by atoms with Crippen molar-refractivity contribution in [3.05, 3.63) is 85.8 Å². The van der Waals surface area contributed by atoms with E-state index < -0.39 is 16.4 Å². The average molecular weight is 403 g/mol. The molecule has 0 saturated heterocycles. The SMILES string of the molecule is CCCc1cc(=O)oc2c1c1c(c3oc([N+](=O)[O-])cc32)C=CC(c2ccccc2)O1. The fourth-order valence-corrected chi connectivity index (χ4v) is 3.97. The zero-order valence-electron chi connectivity index (χ0n) is 16.1. The van der Waals surface area contributed by atoms with Crippen LogP contribution in [-0.2, 0) is 6.42 Å². The summed E-state index contributed by atoms with van der Waals surface area (Å²) in [5.74, 6) is 0.0899. The molecule has 0 radical (unpaired) electrons. The van der Waals surface area contributed by atoms with Crippen molar-refractivity contribution < 1.29 is 18.5 Å². The van der Waals surface area contributed by atoms with Crippen LogP contribution >= 0.6 is 0 Å². The van der Waals surface area contributed by atoms with Crippen molar-refractivity contribution >= 4 is 33.9 Å². The van der Waals surface area contributed by atoms with Gasteiger partial charge in [0.2, 0.25) is 0 Å². The van der Waals surface area contributed by atoms with Gasteiger partial charge in [0.1, 0.15) is 16.8 Å². The van der Waals surface area contributed by atoms with Gasteiger partial charge in [-0.25, -0.2) is 4.79 Å². The van der Waals surface area contributed by atoms with Crippen molar-refractivity contribution in [2.45, 2.75) is 25.9 Å². The molecule has 5 rings (SSSR count). The second kappa shape index (κ2) is 6.88. The van der Waals surface area contributed by atoms with Crippen LogP contribution in [0.25, 0.3) is 28.0 Å². The normalized spacial score (nSPS) is 15.3. The lowest BCUT2D eigenvalue weighted by molar-refractivity contribution is -0.401. The van der Waals surface area contributed by atoms with Crippen LogP contribution in [0.4, 0.5) is 5.88 Å². The summed E-state index contributed by atoms with van der Waals surface area (Å²) < 4.78 is 17.4. The van der Waals surface area contributed by atoms with Crippen LogP contribution in [-0.4, -0.2) is 4.92 Å². The number of benzene rings is 2. The highest BCUT2D eigenvalue weighted by atomic mass is 16.6. The average Bonchev–Trinajstić information content (AvgIpc) is 3.20. The Hall–Kier alpha value is -3.87. The zero-order chi connectivity index (χ0) is 20.8. The van der Waals surface area contributed by atoms with Gasteiger partial charge in [0.25, 0.3) is 0 Å². The van der Waals surface area contributed by atoms with Crippen molar-refractivity contribution in [1.82, 2.24) is 0 Å². The Balaban J connectivity index is 1.86. The van der Waals surface area contributed by atoms with Crippen LogP contribution in [0.15, 0.2) is 62.2 Å². The summed E-state index contributed by atoms with van der Waals surface area (Å²) >= 11 is 0. The minimum Gasteiger partial charge on any atom is -0.480 e. The minimum atomic E-state index is -0.605. The van der Waals surface area contributed by atoms with E-state index in [1.807, 2.05) is 49.4 Å². The van der Waals surface area contributed by atoms with Gasteiger partial charge in [-0.1, -0.05) is 43.7 Å². The Morgan fingerprint density at radius 1 is 1.10 bits per heavy atom. The van der Waals surface area contributed by atoms with Crippen molar-refractivity contribution in [3.8, 4) is 5.75 Å². The molecule has 1 aliphatic rings. The van der Waals surface area contributed by atoms with Gasteiger partial charge in [-0.2, -0.15) is 0 Å². The molecule has 0 aliphatic carbocycles. The van der Waals surface area contributed by atoms with Crippen molar-refractivity contribution in [3.63, 3.8) is 0 Å². The standard InChI is InChI=1S/C23H17NO6/c1-2-6-14-11-19(25)30-23-16-12-18(24(26)27)29-21(16)15-9-10-17(28-22(15)20(14)23)13-7-4-3-5-8-13/h3-5,7-12,17H,2,6H2,1H3. The number of ether oxygens (including phenoxy) is 1. The van der Waals surface area contributed by atoms with Gasteiger partial charge < -0.3 is 13.6 Å². The van der Waals surface area contributed by atoms with Crippen LogP contribution in [0, 0.1) is 10.1 Å². The predicted octanol–water partition coefficient (Wildman–Crippen LogP) is 5.55. The molecular formula is C23H17NO6. The molecule has 4 aromatic rings. The number of aryl methyl sites for hydroxylation is 1. The van der Waals surface area contributed by atoms with Crippen molar-refractivity contribution in [2.75, 3.05) is 0 Å². The Morgan fingerprint density at radius 2 is 1.90 bits per heavy atom. The number of nitrogens with zero attached hydrogens (tertiary/aromatic N) is 1. The van der Waals surface area contributed by atoms with E-state index in [0.717, 1.165) is 17.5 Å². The van der Waals surface area contributed by atoms with Gasteiger partial charge in [0.05, 0.1) is 22.4 Å². The number of nitro groups is 1.